The van der Waals surface area contributed by atoms with Gasteiger partial charge < -0.3 is 14.7 Å². The van der Waals surface area contributed by atoms with Crippen LogP contribution in [0.1, 0.15) is 23.0 Å². The molecule has 3 heterocycles. The van der Waals surface area contributed by atoms with E-state index < -0.39 is 0 Å². The third kappa shape index (κ3) is 2.94. The Kier molecular flexibility index (Phi) is 3.85. The summed E-state index contributed by atoms with van der Waals surface area (Å²) >= 11 is 1.52. The van der Waals surface area contributed by atoms with Gasteiger partial charge in [0.05, 0.1) is 4.88 Å². The van der Waals surface area contributed by atoms with Crippen LogP contribution in [0.4, 0.5) is 11.4 Å². The van der Waals surface area contributed by atoms with Crippen LogP contribution >= 0.6 is 11.3 Å². The Hall–Kier alpha value is -2.93. The molecule has 2 amide bonds. The molecule has 1 aliphatic rings. The standard InChI is InChI=1S/C18H15N3O3S/c1-11(22)21-7-6-12-9-13(4-5-15(12)21)19-18(23)14-10-16(24-20-14)17-3-2-8-25-17/h2-5,8-10H,6-7H2,1H3,(H,19,23). The average Bonchev–Trinajstić information content (AvgIpc) is 3.33. The van der Waals surface area contributed by atoms with Gasteiger partial charge in [-0.15, -0.1) is 11.3 Å². The number of nitrogens with zero attached hydrogens (tertiary/aromatic N) is 2. The number of anilines is 2. The molecule has 0 unspecified atom stereocenters. The number of rotatable bonds is 3. The SMILES string of the molecule is CC(=O)N1CCc2cc(NC(=O)c3cc(-c4cccs4)on3)ccc21. The number of amides is 2. The molecule has 0 saturated carbocycles. The lowest BCUT2D eigenvalue weighted by molar-refractivity contribution is -0.116. The fourth-order valence-corrected chi connectivity index (χ4v) is 3.59. The van der Waals surface area contributed by atoms with Crippen LogP contribution in [0.25, 0.3) is 10.6 Å². The highest BCUT2D eigenvalue weighted by Gasteiger charge is 2.22. The largest absolute Gasteiger partial charge is 0.355 e. The molecule has 0 saturated heterocycles. The van der Waals surface area contributed by atoms with Crippen LogP contribution in [-0.4, -0.2) is 23.5 Å². The normalized spacial score (nSPS) is 12.9. The van der Waals surface area contributed by atoms with Crippen LogP contribution in [0.5, 0.6) is 0 Å². The van der Waals surface area contributed by atoms with Crippen LogP contribution in [0.3, 0.4) is 0 Å². The van der Waals surface area contributed by atoms with E-state index in [0.717, 1.165) is 22.5 Å². The zero-order valence-corrected chi connectivity index (χ0v) is 14.3. The maximum absolute atomic E-state index is 12.4. The predicted octanol–water partition coefficient (Wildman–Crippen LogP) is 3.56. The number of fused-ring (bicyclic) bond motifs is 1. The molecule has 1 N–H and O–H groups in total. The molecule has 0 atom stereocenters. The lowest BCUT2D eigenvalue weighted by atomic mass is 10.1. The van der Waals surface area contributed by atoms with E-state index in [1.54, 1.807) is 24.0 Å². The van der Waals surface area contributed by atoms with E-state index in [0.29, 0.717) is 18.0 Å². The van der Waals surface area contributed by atoms with Crippen LogP contribution in [0.2, 0.25) is 0 Å². The van der Waals surface area contributed by atoms with Crippen molar-refractivity contribution in [2.75, 3.05) is 16.8 Å². The summed E-state index contributed by atoms with van der Waals surface area (Å²) in [6.45, 7) is 2.23. The van der Waals surface area contributed by atoms with E-state index in [1.165, 1.54) is 11.3 Å². The summed E-state index contributed by atoms with van der Waals surface area (Å²) < 4.78 is 5.24. The molecule has 0 aliphatic carbocycles. The lowest BCUT2D eigenvalue weighted by Crippen LogP contribution is -2.25. The van der Waals surface area contributed by atoms with Crippen molar-refractivity contribution in [1.29, 1.82) is 0 Å². The average molecular weight is 353 g/mol. The summed E-state index contributed by atoms with van der Waals surface area (Å²) in [6, 6.07) is 11.0. The molecule has 4 rings (SSSR count). The highest BCUT2D eigenvalue weighted by Crippen LogP contribution is 2.31. The summed E-state index contributed by atoms with van der Waals surface area (Å²) in [5.41, 5.74) is 2.86. The third-order valence-corrected chi connectivity index (χ3v) is 5.00. The molecule has 2 aromatic heterocycles. The van der Waals surface area contributed by atoms with Crippen LogP contribution in [0, 0.1) is 0 Å². The summed E-state index contributed by atoms with van der Waals surface area (Å²) in [4.78, 5) is 26.6. The van der Waals surface area contributed by atoms with Crippen LogP contribution < -0.4 is 10.2 Å². The second kappa shape index (κ2) is 6.18. The number of hydrogen-bond acceptors (Lipinski definition) is 5. The fourth-order valence-electron chi connectivity index (χ4n) is 2.92. The van der Waals surface area contributed by atoms with Gasteiger partial charge in [0, 0.05) is 30.9 Å². The molecule has 1 aromatic carbocycles. The second-order valence-corrected chi connectivity index (χ2v) is 6.72. The number of carbonyl (C=O) groups is 2. The van der Waals surface area contributed by atoms with E-state index in [-0.39, 0.29) is 17.5 Å². The summed E-state index contributed by atoms with van der Waals surface area (Å²) in [6.07, 6.45) is 0.783. The Balaban J connectivity index is 1.51. The maximum Gasteiger partial charge on any atom is 0.277 e. The predicted molar refractivity (Wildman–Crippen MR) is 95.9 cm³/mol. The maximum atomic E-state index is 12.4. The highest BCUT2D eigenvalue weighted by molar-refractivity contribution is 7.13. The van der Waals surface area contributed by atoms with Crippen LogP contribution in [-0.2, 0) is 11.2 Å². The Bertz CT molecular complexity index is 946. The van der Waals surface area contributed by atoms with E-state index >= 15 is 0 Å². The van der Waals surface area contributed by atoms with Gasteiger partial charge in [-0.25, -0.2) is 0 Å². The molecule has 3 aromatic rings. The highest BCUT2D eigenvalue weighted by atomic mass is 32.1. The van der Waals surface area contributed by atoms with Gasteiger partial charge in [-0.3, -0.25) is 9.59 Å². The Morgan fingerprint density at radius 2 is 2.16 bits per heavy atom. The minimum Gasteiger partial charge on any atom is -0.355 e. The van der Waals surface area contributed by atoms with Crippen LogP contribution in [0.15, 0.2) is 46.3 Å². The minimum atomic E-state index is -0.326. The quantitative estimate of drug-likeness (QED) is 0.781. The van der Waals surface area contributed by atoms with E-state index in [4.69, 9.17) is 4.52 Å². The van der Waals surface area contributed by atoms with Gasteiger partial charge >= 0.3 is 0 Å². The smallest absolute Gasteiger partial charge is 0.277 e. The van der Waals surface area contributed by atoms with Gasteiger partial charge in [-0.1, -0.05) is 11.2 Å². The van der Waals surface area contributed by atoms with Gasteiger partial charge in [-0.05, 0) is 41.6 Å². The van der Waals surface area contributed by atoms with Gasteiger partial charge in [0.2, 0.25) is 5.91 Å². The molecule has 7 heteroatoms. The van der Waals surface area contributed by atoms with Crippen molar-refractivity contribution in [2.24, 2.45) is 0 Å². The zero-order chi connectivity index (χ0) is 17.4. The first kappa shape index (κ1) is 15.6. The van der Waals surface area contributed by atoms with Crippen molar-refractivity contribution in [3.8, 4) is 10.6 Å². The first-order valence-corrected chi connectivity index (χ1v) is 8.73. The molecule has 0 bridgehead atoms. The lowest BCUT2D eigenvalue weighted by Gasteiger charge is -2.14. The minimum absolute atomic E-state index is 0.0271. The van der Waals surface area contributed by atoms with E-state index in [2.05, 4.69) is 10.5 Å². The molecule has 0 fully saturated rings. The van der Waals surface area contributed by atoms with Gasteiger partial charge in [-0.2, -0.15) is 0 Å². The summed E-state index contributed by atoms with van der Waals surface area (Å²) in [5, 5.41) is 8.61. The molecule has 0 radical (unpaired) electrons. The number of carbonyl (C=O) groups excluding carboxylic acids is 2. The van der Waals surface area contributed by atoms with Gasteiger partial charge in [0.25, 0.3) is 5.91 Å². The monoisotopic (exact) mass is 353 g/mol. The van der Waals surface area contributed by atoms with Crippen molar-refractivity contribution in [3.63, 3.8) is 0 Å². The van der Waals surface area contributed by atoms with Crippen molar-refractivity contribution >= 4 is 34.5 Å². The Morgan fingerprint density at radius 3 is 2.92 bits per heavy atom. The number of hydrogen-bond donors (Lipinski definition) is 1. The molecule has 0 spiro atoms. The Morgan fingerprint density at radius 1 is 1.28 bits per heavy atom. The van der Waals surface area contributed by atoms with Crippen molar-refractivity contribution in [2.45, 2.75) is 13.3 Å². The molecular weight excluding hydrogens is 338 g/mol. The van der Waals surface area contributed by atoms with Gasteiger partial charge in [0.15, 0.2) is 11.5 Å². The fraction of sp³-hybridized carbons (Fsp3) is 0.167. The topological polar surface area (TPSA) is 75.4 Å². The van der Waals surface area contributed by atoms with Crippen molar-refractivity contribution < 1.29 is 14.1 Å². The zero-order valence-electron chi connectivity index (χ0n) is 13.5. The third-order valence-electron chi connectivity index (χ3n) is 4.12. The molecule has 126 valence electrons. The number of nitrogens with one attached hydrogen (secondary N) is 1. The Labute approximate surface area is 148 Å². The molecule has 25 heavy (non-hydrogen) atoms. The van der Waals surface area contributed by atoms with E-state index in [1.807, 2.05) is 29.6 Å². The van der Waals surface area contributed by atoms with Crippen molar-refractivity contribution in [1.82, 2.24) is 5.16 Å². The van der Waals surface area contributed by atoms with Gasteiger partial charge in [0.1, 0.15) is 0 Å². The molecule has 1 aliphatic heterocycles. The first-order chi connectivity index (χ1) is 12.1. The second-order valence-electron chi connectivity index (χ2n) is 5.77. The first-order valence-electron chi connectivity index (χ1n) is 7.85. The number of thiophene rings is 1. The molecular formula is C18H15N3O3S. The number of benzene rings is 1. The summed E-state index contributed by atoms with van der Waals surface area (Å²) in [7, 11) is 0. The number of aromatic nitrogens is 1. The summed E-state index contributed by atoms with van der Waals surface area (Å²) in [5.74, 6) is 0.276. The van der Waals surface area contributed by atoms with E-state index in [9.17, 15) is 9.59 Å². The van der Waals surface area contributed by atoms with Crippen molar-refractivity contribution in [3.05, 3.63) is 53.0 Å². The molecule has 6 nitrogen and oxygen atoms in total.